The van der Waals surface area contributed by atoms with E-state index >= 15 is 0 Å². The zero-order valence-corrected chi connectivity index (χ0v) is 17.3. The van der Waals surface area contributed by atoms with E-state index in [1.165, 1.54) is 7.11 Å². The van der Waals surface area contributed by atoms with E-state index in [1.807, 2.05) is 6.92 Å². The van der Waals surface area contributed by atoms with E-state index < -0.39 is 41.9 Å². The van der Waals surface area contributed by atoms with Crippen molar-refractivity contribution < 1.29 is 33.4 Å². The lowest BCUT2D eigenvalue weighted by atomic mass is 9.91. The number of fused-ring (bicyclic) bond motifs is 1. The Kier molecular flexibility index (Phi) is 5.86. The van der Waals surface area contributed by atoms with Crippen LogP contribution in [0, 0.1) is 5.92 Å². The fraction of sp³-hybridized carbons (Fsp3) is 0.500. The molecular weight excluding hydrogens is 394 g/mol. The van der Waals surface area contributed by atoms with E-state index in [4.69, 9.17) is 14.2 Å². The van der Waals surface area contributed by atoms with Crippen LogP contribution in [0.3, 0.4) is 0 Å². The first kappa shape index (κ1) is 21.4. The standard InChI is InChI=1S/C20H25N3O7/c1-5-11(2)16(17(25)28-4)21-15(24)9-23-18(26)20(3,22-19(23)27)12-6-7-13-14(8-12)30-10-29-13/h6-8,11,16H,5,9-10H2,1-4H3,(H,21,24)(H,22,27)/t11-,16-,20-/m1/s1. The van der Waals surface area contributed by atoms with E-state index in [9.17, 15) is 19.2 Å². The molecule has 1 aromatic carbocycles. The Morgan fingerprint density at radius 1 is 1.30 bits per heavy atom. The molecule has 4 amide bonds. The van der Waals surface area contributed by atoms with Gasteiger partial charge in [0, 0.05) is 0 Å². The number of carbonyl (C=O) groups excluding carboxylic acids is 4. The maximum Gasteiger partial charge on any atom is 0.328 e. The Labute approximate surface area is 173 Å². The van der Waals surface area contributed by atoms with Gasteiger partial charge in [-0.15, -0.1) is 0 Å². The molecule has 30 heavy (non-hydrogen) atoms. The van der Waals surface area contributed by atoms with Crippen molar-refractivity contribution in [1.29, 1.82) is 0 Å². The number of hydrogen-bond acceptors (Lipinski definition) is 7. The van der Waals surface area contributed by atoms with Crippen LogP contribution in [-0.4, -0.2) is 55.2 Å². The highest BCUT2D eigenvalue weighted by Gasteiger charge is 2.50. The quantitative estimate of drug-likeness (QED) is 0.497. The second-order valence-corrected chi connectivity index (χ2v) is 7.47. The summed E-state index contributed by atoms with van der Waals surface area (Å²) in [6, 6.07) is 3.37. The molecule has 10 nitrogen and oxygen atoms in total. The van der Waals surface area contributed by atoms with Crippen molar-refractivity contribution in [2.75, 3.05) is 20.4 Å². The molecule has 0 bridgehead atoms. The summed E-state index contributed by atoms with van der Waals surface area (Å²) in [4.78, 5) is 50.8. The van der Waals surface area contributed by atoms with Gasteiger partial charge in [0.25, 0.3) is 5.91 Å². The van der Waals surface area contributed by atoms with Crippen molar-refractivity contribution in [2.45, 2.75) is 38.8 Å². The van der Waals surface area contributed by atoms with Crippen LogP contribution >= 0.6 is 0 Å². The first-order valence-electron chi connectivity index (χ1n) is 9.62. The second-order valence-electron chi connectivity index (χ2n) is 7.47. The number of carbonyl (C=O) groups is 4. The van der Waals surface area contributed by atoms with Crippen molar-refractivity contribution in [3.63, 3.8) is 0 Å². The van der Waals surface area contributed by atoms with Crippen LogP contribution in [0.2, 0.25) is 0 Å². The van der Waals surface area contributed by atoms with Crippen LogP contribution < -0.4 is 20.1 Å². The van der Waals surface area contributed by atoms with Gasteiger partial charge in [-0.05, 0) is 30.5 Å². The maximum atomic E-state index is 13.0. The first-order chi connectivity index (χ1) is 14.2. The molecule has 10 heteroatoms. The number of esters is 1. The molecule has 0 unspecified atom stereocenters. The predicted octanol–water partition coefficient (Wildman–Crippen LogP) is 0.886. The molecule has 1 aromatic rings. The van der Waals surface area contributed by atoms with Crippen LogP contribution in [0.5, 0.6) is 11.5 Å². The smallest absolute Gasteiger partial charge is 0.328 e. The van der Waals surface area contributed by atoms with Gasteiger partial charge in [-0.3, -0.25) is 14.5 Å². The number of amides is 4. The van der Waals surface area contributed by atoms with Gasteiger partial charge in [-0.1, -0.05) is 26.3 Å². The van der Waals surface area contributed by atoms with Gasteiger partial charge in [-0.2, -0.15) is 0 Å². The third-order valence-corrected chi connectivity index (χ3v) is 5.51. The first-order valence-corrected chi connectivity index (χ1v) is 9.62. The van der Waals surface area contributed by atoms with E-state index in [1.54, 1.807) is 32.0 Å². The molecule has 3 rings (SSSR count). The number of methoxy groups -OCH3 is 1. The molecule has 2 aliphatic rings. The maximum absolute atomic E-state index is 13.0. The summed E-state index contributed by atoms with van der Waals surface area (Å²) in [5, 5.41) is 5.20. The van der Waals surface area contributed by atoms with Crippen LogP contribution in [0.4, 0.5) is 4.79 Å². The van der Waals surface area contributed by atoms with E-state index in [-0.39, 0.29) is 12.7 Å². The Morgan fingerprint density at radius 3 is 2.67 bits per heavy atom. The third kappa shape index (κ3) is 3.77. The van der Waals surface area contributed by atoms with Gasteiger partial charge < -0.3 is 24.8 Å². The third-order valence-electron chi connectivity index (χ3n) is 5.51. The van der Waals surface area contributed by atoms with E-state index in [0.717, 1.165) is 4.90 Å². The molecule has 1 saturated heterocycles. The number of benzene rings is 1. The topological polar surface area (TPSA) is 123 Å². The summed E-state index contributed by atoms with van der Waals surface area (Å²) in [6.45, 7) is 4.79. The van der Waals surface area contributed by atoms with Crippen LogP contribution in [0.15, 0.2) is 18.2 Å². The molecule has 162 valence electrons. The summed E-state index contributed by atoms with van der Waals surface area (Å²) in [5.41, 5.74) is -0.864. The average molecular weight is 419 g/mol. The van der Waals surface area contributed by atoms with Crippen molar-refractivity contribution in [1.82, 2.24) is 15.5 Å². The minimum absolute atomic E-state index is 0.0830. The molecule has 0 aliphatic carbocycles. The van der Waals surface area contributed by atoms with Crippen LogP contribution in [0.25, 0.3) is 0 Å². The van der Waals surface area contributed by atoms with Crippen LogP contribution in [0.1, 0.15) is 32.8 Å². The number of hydrogen-bond donors (Lipinski definition) is 2. The highest BCUT2D eigenvalue weighted by atomic mass is 16.7. The molecule has 0 saturated carbocycles. The minimum Gasteiger partial charge on any atom is -0.467 e. The fourth-order valence-corrected chi connectivity index (χ4v) is 3.40. The number of rotatable bonds is 7. The number of imide groups is 1. The highest BCUT2D eigenvalue weighted by Crippen LogP contribution is 2.37. The molecule has 0 radical (unpaired) electrons. The van der Waals surface area contributed by atoms with Crippen LogP contribution in [-0.2, 0) is 24.7 Å². The molecule has 2 N–H and O–H groups in total. The molecule has 0 aromatic heterocycles. The summed E-state index contributed by atoms with van der Waals surface area (Å²) >= 11 is 0. The van der Waals surface area contributed by atoms with Gasteiger partial charge in [0.05, 0.1) is 7.11 Å². The Morgan fingerprint density at radius 2 is 2.00 bits per heavy atom. The van der Waals surface area contributed by atoms with Gasteiger partial charge >= 0.3 is 12.0 Å². The number of urea groups is 1. The lowest BCUT2D eigenvalue weighted by molar-refractivity contribution is -0.146. The molecule has 1 fully saturated rings. The largest absolute Gasteiger partial charge is 0.467 e. The molecule has 3 atom stereocenters. The second kappa shape index (κ2) is 8.21. The van der Waals surface area contributed by atoms with E-state index in [2.05, 4.69) is 10.6 Å². The SMILES string of the molecule is CC[C@@H](C)[C@@H](NC(=O)CN1C(=O)N[C@](C)(c2ccc3c(c2)OCO3)C1=O)C(=O)OC. The Balaban J connectivity index is 1.74. The van der Waals surface area contributed by atoms with E-state index in [0.29, 0.717) is 23.5 Å². The number of ether oxygens (including phenoxy) is 3. The molecular formula is C20H25N3O7. The molecule has 2 heterocycles. The van der Waals surface area contributed by atoms with Gasteiger partial charge in [0.2, 0.25) is 12.7 Å². The summed E-state index contributed by atoms with van der Waals surface area (Å²) in [5.74, 6) is -0.956. The molecule has 2 aliphatic heterocycles. The van der Waals surface area contributed by atoms with Gasteiger partial charge in [0.15, 0.2) is 11.5 Å². The minimum atomic E-state index is -1.36. The molecule has 0 spiro atoms. The lowest BCUT2D eigenvalue weighted by Crippen LogP contribution is -2.50. The van der Waals surface area contributed by atoms with Crippen molar-refractivity contribution >= 4 is 23.8 Å². The Bertz CT molecular complexity index is 887. The van der Waals surface area contributed by atoms with Crippen molar-refractivity contribution in [2.24, 2.45) is 5.92 Å². The monoisotopic (exact) mass is 419 g/mol. The average Bonchev–Trinajstić information content (AvgIpc) is 3.29. The van der Waals surface area contributed by atoms with Crippen molar-refractivity contribution in [3.8, 4) is 11.5 Å². The lowest BCUT2D eigenvalue weighted by Gasteiger charge is -2.24. The summed E-state index contributed by atoms with van der Waals surface area (Å²) in [6.07, 6.45) is 0.630. The number of nitrogens with one attached hydrogen (secondary N) is 2. The van der Waals surface area contributed by atoms with Gasteiger partial charge in [0.1, 0.15) is 18.1 Å². The van der Waals surface area contributed by atoms with Crippen molar-refractivity contribution in [3.05, 3.63) is 23.8 Å². The summed E-state index contributed by atoms with van der Waals surface area (Å²) in [7, 11) is 1.23. The fourth-order valence-electron chi connectivity index (χ4n) is 3.40. The van der Waals surface area contributed by atoms with Gasteiger partial charge in [-0.25, -0.2) is 9.59 Å². The Hall–Kier alpha value is -3.30. The zero-order valence-electron chi connectivity index (χ0n) is 17.3. The highest BCUT2D eigenvalue weighted by molar-refractivity contribution is 6.09. The zero-order chi connectivity index (χ0) is 22.1. The normalized spacial score (nSPS) is 21.8. The summed E-state index contributed by atoms with van der Waals surface area (Å²) < 4.78 is 15.3. The number of nitrogens with zero attached hydrogens (tertiary/aromatic N) is 1. The predicted molar refractivity (Wildman–Crippen MR) is 104 cm³/mol.